The number of allylic oxidation sites excluding steroid dienone is 2. The van der Waals surface area contributed by atoms with E-state index in [2.05, 4.69) is 12.1 Å². The molecule has 1 aromatic rings. The number of hydrogen-bond acceptors (Lipinski definition) is 1. The van der Waals surface area contributed by atoms with Gasteiger partial charge in [-0.3, -0.25) is 4.79 Å². The first-order valence-electron chi connectivity index (χ1n) is 5.57. The van der Waals surface area contributed by atoms with Crippen LogP contribution in [-0.4, -0.2) is 5.78 Å². The molecule has 1 fully saturated rings. The summed E-state index contributed by atoms with van der Waals surface area (Å²) in [6.45, 7) is 1.97. The molecule has 15 heavy (non-hydrogen) atoms. The Morgan fingerprint density at radius 2 is 2.00 bits per heavy atom. The fourth-order valence-corrected chi connectivity index (χ4v) is 2.35. The molecule has 0 unspecified atom stereocenters. The zero-order valence-electron chi connectivity index (χ0n) is 9.07. The van der Waals surface area contributed by atoms with Crippen LogP contribution in [0.15, 0.2) is 42.0 Å². The van der Waals surface area contributed by atoms with E-state index in [1.165, 1.54) is 5.56 Å². The van der Waals surface area contributed by atoms with E-state index in [0.29, 0.717) is 11.7 Å². The molecule has 2 rings (SSSR count). The maximum atomic E-state index is 11.7. The Bertz CT molecular complexity index is 376. The molecule has 0 heterocycles. The van der Waals surface area contributed by atoms with E-state index >= 15 is 0 Å². The van der Waals surface area contributed by atoms with Gasteiger partial charge in [0.25, 0.3) is 0 Å². The number of carbonyl (C=O) groups excluding carboxylic acids is 1. The highest BCUT2D eigenvalue weighted by Crippen LogP contribution is 2.34. The van der Waals surface area contributed by atoms with Gasteiger partial charge in [0.1, 0.15) is 0 Å². The first-order valence-corrected chi connectivity index (χ1v) is 5.57. The van der Waals surface area contributed by atoms with Crippen molar-refractivity contribution in [3.8, 4) is 0 Å². The number of hydrogen-bond donors (Lipinski definition) is 0. The van der Waals surface area contributed by atoms with Crippen LogP contribution in [0, 0.1) is 0 Å². The lowest BCUT2D eigenvalue weighted by molar-refractivity contribution is -0.116. The Hall–Kier alpha value is -1.37. The molecular weight excluding hydrogens is 184 g/mol. The fraction of sp³-hybridized carbons (Fsp3) is 0.357. The van der Waals surface area contributed by atoms with Gasteiger partial charge in [-0.2, -0.15) is 0 Å². The van der Waals surface area contributed by atoms with Gasteiger partial charge in [-0.15, -0.1) is 0 Å². The van der Waals surface area contributed by atoms with Crippen molar-refractivity contribution in [2.24, 2.45) is 0 Å². The minimum Gasteiger partial charge on any atom is -0.295 e. The van der Waals surface area contributed by atoms with Crippen LogP contribution in [0.4, 0.5) is 0 Å². The van der Waals surface area contributed by atoms with Gasteiger partial charge in [0.05, 0.1) is 0 Å². The molecule has 1 aliphatic carbocycles. The molecule has 0 radical (unpaired) electrons. The molecule has 0 saturated heterocycles. The second-order valence-corrected chi connectivity index (χ2v) is 4.02. The lowest BCUT2D eigenvalue weighted by Crippen LogP contribution is -2.17. The van der Waals surface area contributed by atoms with Crippen molar-refractivity contribution < 1.29 is 4.79 Å². The number of benzene rings is 1. The predicted octanol–water partition coefficient (Wildman–Crippen LogP) is 3.47. The Kier molecular flexibility index (Phi) is 3.00. The van der Waals surface area contributed by atoms with Crippen molar-refractivity contribution in [1.29, 1.82) is 0 Å². The van der Waals surface area contributed by atoms with Crippen LogP contribution < -0.4 is 0 Å². The molecule has 1 aliphatic rings. The number of Topliss-reactive ketones (excluding diaryl/α,β-unsaturated/α-hetero) is 1. The smallest absolute Gasteiger partial charge is 0.159 e. The number of ketones is 1. The summed E-state index contributed by atoms with van der Waals surface area (Å²) in [5.41, 5.74) is 2.28. The minimum absolute atomic E-state index is 0.331. The molecular formula is C14H16O. The summed E-state index contributed by atoms with van der Waals surface area (Å²) in [6.07, 6.45) is 4.84. The summed E-state index contributed by atoms with van der Waals surface area (Å²) in [4.78, 5) is 11.7. The Morgan fingerprint density at radius 3 is 2.67 bits per heavy atom. The largest absolute Gasteiger partial charge is 0.295 e. The quantitative estimate of drug-likeness (QED) is 0.634. The van der Waals surface area contributed by atoms with Gasteiger partial charge in [0.2, 0.25) is 0 Å². The van der Waals surface area contributed by atoms with E-state index in [0.717, 1.165) is 24.8 Å². The summed E-state index contributed by atoms with van der Waals surface area (Å²) in [7, 11) is 0. The highest BCUT2D eigenvalue weighted by Gasteiger charge is 2.25. The summed E-state index contributed by atoms with van der Waals surface area (Å²) < 4.78 is 0. The van der Waals surface area contributed by atoms with Gasteiger partial charge >= 0.3 is 0 Å². The average Bonchev–Trinajstić information content (AvgIpc) is 2.30. The SMILES string of the molecule is C/C=C1/C(=O)CCC[C@@H]1c1ccccc1. The zero-order valence-corrected chi connectivity index (χ0v) is 9.07. The molecule has 0 aromatic heterocycles. The maximum Gasteiger partial charge on any atom is 0.159 e. The van der Waals surface area contributed by atoms with Crippen LogP contribution in [0.25, 0.3) is 0 Å². The normalized spacial score (nSPS) is 24.5. The number of rotatable bonds is 1. The molecule has 1 heteroatoms. The second-order valence-electron chi connectivity index (χ2n) is 4.02. The Morgan fingerprint density at radius 1 is 1.27 bits per heavy atom. The third-order valence-corrected chi connectivity index (χ3v) is 3.11. The standard InChI is InChI=1S/C14H16O/c1-2-12-13(9-6-10-14(12)15)11-7-4-3-5-8-11/h2-5,7-8,13H,6,9-10H2,1H3/b12-2+/t13-/m1/s1. The molecule has 0 N–H and O–H groups in total. The van der Waals surface area contributed by atoms with Crippen LogP contribution in [0.2, 0.25) is 0 Å². The van der Waals surface area contributed by atoms with Crippen molar-refractivity contribution in [2.45, 2.75) is 32.1 Å². The number of carbonyl (C=O) groups is 1. The monoisotopic (exact) mass is 200 g/mol. The van der Waals surface area contributed by atoms with Crippen LogP contribution >= 0.6 is 0 Å². The summed E-state index contributed by atoms with van der Waals surface area (Å²) in [5, 5.41) is 0. The molecule has 0 amide bonds. The van der Waals surface area contributed by atoms with Crippen LogP contribution in [-0.2, 0) is 4.79 Å². The van der Waals surface area contributed by atoms with Gasteiger partial charge in [0, 0.05) is 12.3 Å². The first kappa shape index (κ1) is 10.2. The average molecular weight is 200 g/mol. The summed E-state index contributed by atoms with van der Waals surface area (Å²) in [6, 6.07) is 10.3. The summed E-state index contributed by atoms with van der Waals surface area (Å²) >= 11 is 0. The molecule has 1 aromatic carbocycles. The van der Waals surface area contributed by atoms with E-state index < -0.39 is 0 Å². The van der Waals surface area contributed by atoms with Crippen LogP contribution in [0.1, 0.15) is 37.7 Å². The van der Waals surface area contributed by atoms with E-state index in [1.54, 1.807) is 0 Å². The molecule has 0 bridgehead atoms. The van der Waals surface area contributed by atoms with Gasteiger partial charge in [-0.05, 0) is 30.9 Å². The van der Waals surface area contributed by atoms with Crippen molar-refractivity contribution >= 4 is 5.78 Å². The predicted molar refractivity (Wildman–Crippen MR) is 61.8 cm³/mol. The summed E-state index contributed by atoms with van der Waals surface area (Å²) in [5.74, 6) is 0.662. The van der Waals surface area contributed by atoms with E-state index in [4.69, 9.17) is 0 Å². The molecule has 78 valence electrons. The van der Waals surface area contributed by atoms with Gasteiger partial charge in [-0.25, -0.2) is 0 Å². The third kappa shape index (κ3) is 2.01. The topological polar surface area (TPSA) is 17.1 Å². The Balaban J connectivity index is 2.32. The zero-order chi connectivity index (χ0) is 10.7. The first-order chi connectivity index (χ1) is 7.33. The lowest BCUT2D eigenvalue weighted by atomic mass is 9.79. The van der Waals surface area contributed by atoms with Gasteiger partial charge in [0.15, 0.2) is 5.78 Å². The van der Waals surface area contributed by atoms with Crippen LogP contribution in [0.3, 0.4) is 0 Å². The molecule has 0 spiro atoms. The maximum absolute atomic E-state index is 11.7. The van der Waals surface area contributed by atoms with Gasteiger partial charge < -0.3 is 0 Å². The van der Waals surface area contributed by atoms with Crippen molar-refractivity contribution in [3.63, 3.8) is 0 Å². The van der Waals surface area contributed by atoms with E-state index in [1.807, 2.05) is 31.2 Å². The highest BCUT2D eigenvalue weighted by atomic mass is 16.1. The molecule has 1 atom stereocenters. The molecule has 1 saturated carbocycles. The third-order valence-electron chi connectivity index (χ3n) is 3.11. The molecule has 1 nitrogen and oxygen atoms in total. The van der Waals surface area contributed by atoms with Crippen molar-refractivity contribution in [2.75, 3.05) is 0 Å². The second kappa shape index (κ2) is 4.43. The Labute approximate surface area is 90.8 Å². The molecule has 0 aliphatic heterocycles. The van der Waals surface area contributed by atoms with Crippen molar-refractivity contribution in [1.82, 2.24) is 0 Å². The minimum atomic E-state index is 0.331. The van der Waals surface area contributed by atoms with E-state index in [9.17, 15) is 4.79 Å². The van der Waals surface area contributed by atoms with Crippen LogP contribution in [0.5, 0.6) is 0 Å². The van der Waals surface area contributed by atoms with Crippen molar-refractivity contribution in [3.05, 3.63) is 47.5 Å². The highest BCUT2D eigenvalue weighted by molar-refractivity contribution is 5.97. The van der Waals surface area contributed by atoms with Gasteiger partial charge in [-0.1, -0.05) is 36.4 Å². The fourth-order valence-electron chi connectivity index (χ4n) is 2.35. The lowest BCUT2D eigenvalue weighted by Gasteiger charge is -2.24. The van der Waals surface area contributed by atoms with E-state index in [-0.39, 0.29) is 0 Å².